The number of carbonyl (C=O) groups is 1. The number of aromatic carboxylic acids is 1. The van der Waals surface area contributed by atoms with Crippen LogP contribution in [0, 0.1) is 11.3 Å². The molecule has 0 aromatic heterocycles. The first-order valence-electron chi connectivity index (χ1n) is 5.57. The van der Waals surface area contributed by atoms with Crippen LogP contribution in [0.5, 0.6) is 5.75 Å². The number of nitriles is 1. The lowest BCUT2D eigenvalue weighted by molar-refractivity contribution is 0.0696. The monoisotopic (exact) mass is 253 g/mol. The molecule has 0 saturated heterocycles. The second kappa shape index (κ2) is 5.23. The Hall–Kier alpha value is -2.80. The first kappa shape index (κ1) is 12.7. The molecule has 4 heteroatoms. The van der Waals surface area contributed by atoms with Crippen molar-refractivity contribution in [3.8, 4) is 22.9 Å². The Morgan fingerprint density at radius 3 is 2.68 bits per heavy atom. The summed E-state index contributed by atoms with van der Waals surface area (Å²) in [7, 11) is 1.48. The first-order chi connectivity index (χ1) is 9.15. The maximum absolute atomic E-state index is 10.9. The molecule has 0 amide bonds. The quantitative estimate of drug-likeness (QED) is 0.912. The average Bonchev–Trinajstić information content (AvgIpc) is 2.46. The molecule has 0 atom stereocenters. The zero-order valence-electron chi connectivity index (χ0n) is 10.3. The molecule has 0 aliphatic heterocycles. The van der Waals surface area contributed by atoms with Crippen LogP contribution in [0.4, 0.5) is 0 Å². The fraction of sp³-hybridized carbons (Fsp3) is 0.0667. The lowest BCUT2D eigenvalue weighted by Crippen LogP contribution is -1.98. The smallest absolute Gasteiger partial charge is 0.335 e. The molecular weight excluding hydrogens is 242 g/mol. The van der Waals surface area contributed by atoms with Crippen molar-refractivity contribution in [2.75, 3.05) is 7.11 Å². The van der Waals surface area contributed by atoms with Gasteiger partial charge in [-0.1, -0.05) is 12.1 Å². The molecule has 0 spiro atoms. The third-order valence-electron chi connectivity index (χ3n) is 2.75. The van der Waals surface area contributed by atoms with Crippen molar-refractivity contribution in [3.63, 3.8) is 0 Å². The van der Waals surface area contributed by atoms with E-state index in [1.807, 2.05) is 6.07 Å². The molecule has 94 valence electrons. The predicted molar refractivity (Wildman–Crippen MR) is 70.1 cm³/mol. The van der Waals surface area contributed by atoms with Crippen LogP contribution in [-0.4, -0.2) is 18.2 Å². The Bertz CT molecular complexity index is 671. The van der Waals surface area contributed by atoms with Crippen LogP contribution < -0.4 is 4.74 Å². The number of benzene rings is 2. The highest BCUT2D eigenvalue weighted by molar-refractivity contribution is 5.89. The molecule has 1 N–H and O–H groups in total. The van der Waals surface area contributed by atoms with Crippen LogP contribution in [-0.2, 0) is 0 Å². The van der Waals surface area contributed by atoms with Gasteiger partial charge < -0.3 is 9.84 Å². The number of hydrogen-bond donors (Lipinski definition) is 1. The van der Waals surface area contributed by atoms with Gasteiger partial charge in [-0.3, -0.25) is 0 Å². The number of rotatable bonds is 3. The van der Waals surface area contributed by atoms with E-state index in [1.165, 1.54) is 19.2 Å². The highest BCUT2D eigenvalue weighted by Crippen LogP contribution is 2.31. The first-order valence-corrected chi connectivity index (χ1v) is 5.57. The Balaban J connectivity index is 2.55. The van der Waals surface area contributed by atoms with E-state index in [-0.39, 0.29) is 5.56 Å². The largest absolute Gasteiger partial charge is 0.496 e. The molecule has 0 fully saturated rings. The molecule has 0 aliphatic rings. The van der Waals surface area contributed by atoms with Crippen LogP contribution in [0.2, 0.25) is 0 Å². The fourth-order valence-electron chi connectivity index (χ4n) is 1.82. The van der Waals surface area contributed by atoms with E-state index in [0.29, 0.717) is 11.3 Å². The maximum atomic E-state index is 10.9. The van der Waals surface area contributed by atoms with Crippen molar-refractivity contribution in [2.45, 2.75) is 0 Å². The van der Waals surface area contributed by atoms with E-state index in [0.717, 1.165) is 11.1 Å². The maximum Gasteiger partial charge on any atom is 0.335 e. The van der Waals surface area contributed by atoms with Gasteiger partial charge in [0.2, 0.25) is 0 Å². The normalized spacial score (nSPS) is 9.68. The van der Waals surface area contributed by atoms with Gasteiger partial charge in [-0.05, 0) is 35.9 Å². The lowest BCUT2D eigenvalue weighted by atomic mass is 10.0. The van der Waals surface area contributed by atoms with Crippen LogP contribution in [0.15, 0.2) is 42.5 Å². The summed E-state index contributed by atoms with van der Waals surface area (Å²) in [6, 6.07) is 13.8. The van der Waals surface area contributed by atoms with Crippen LogP contribution in [0.1, 0.15) is 15.9 Å². The van der Waals surface area contributed by atoms with Crippen molar-refractivity contribution in [2.24, 2.45) is 0 Å². The van der Waals surface area contributed by atoms with Gasteiger partial charge in [0.15, 0.2) is 0 Å². The van der Waals surface area contributed by atoms with Crippen molar-refractivity contribution in [1.82, 2.24) is 0 Å². The van der Waals surface area contributed by atoms with Crippen molar-refractivity contribution in [3.05, 3.63) is 53.6 Å². The molecule has 0 saturated carbocycles. The van der Waals surface area contributed by atoms with Crippen LogP contribution in [0.25, 0.3) is 11.1 Å². The van der Waals surface area contributed by atoms with Gasteiger partial charge in [0.25, 0.3) is 0 Å². The SMILES string of the molecule is COc1cc(C(=O)O)ccc1-c1cccc(C#N)c1. The summed E-state index contributed by atoms with van der Waals surface area (Å²) >= 11 is 0. The van der Waals surface area contributed by atoms with E-state index >= 15 is 0 Å². The molecule has 0 aliphatic carbocycles. The second-order valence-electron chi connectivity index (χ2n) is 3.91. The molecule has 0 radical (unpaired) electrons. The Kier molecular flexibility index (Phi) is 3.48. The summed E-state index contributed by atoms with van der Waals surface area (Å²) in [4.78, 5) is 10.9. The molecular formula is C15H11NO3. The topological polar surface area (TPSA) is 70.3 Å². The summed E-state index contributed by atoms with van der Waals surface area (Å²) in [5.41, 5.74) is 2.27. The number of nitrogens with zero attached hydrogens (tertiary/aromatic N) is 1. The molecule has 2 rings (SSSR count). The summed E-state index contributed by atoms with van der Waals surface area (Å²) < 4.78 is 5.22. The molecule has 0 bridgehead atoms. The summed E-state index contributed by atoms with van der Waals surface area (Å²) in [5, 5.41) is 17.8. The van der Waals surface area contributed by atoms with Crippen molar-refractivity contribution >= 4 is 5.97 Å². The van der Waals surface area contributed by atoms with Gasteiger partial charge in [-0.25, -0.2) is 4.79 Å². The second-order valence-corrected chi connectivity index (χ2v) is 3.91. The van der Waals surface area contributed by atoms with E-state index in [9.17, 15) is 4.79 Å². The summed E-state index contributed by atoms with van der Waals surface area (Å²) in [6.45, 7) is 0. The van der Waals surface area contributed by atoms with Gasteiger partial charge >= 0.3 is 5.97 Å². The molecule has 2 aromatic rings. The third-order valence-corrected chi connectivity index (χ3v) is 2.75. The third kappa shape index (κ3) is 2.55. The van der Waals surface area contributed by atoms with Gasteiger partial charge in [-0.15, -0.1) is 0 Å². The Labute approximate surface area is 110 Å². The number of carboxylic acids is 1. The van der Waals surface area contributed by atoms with Crippen LogP contribution in [0.3, 0.4) is 0 Å². The minimum Gasteiger partial charge on any atom is -0.496 e. The molecule has 0 unspecified atom stereocenters. The number of methoxy groups -OCH3 is 1. The number of carboxylic acid groups (broad SMARTS) is 1. The number of hydrogen-bond acceptors (Lipinski definition) is 3. The van der Waals surface area contributed by atoms with E-state index in [4.69, 9.17) is 15.1 Å². The van der Waals surface area contributed by atoms with Gasteiger partial charge in [0.05, 0.1) is 24.3 Å². The summed E-state index contributed by atoms with van der Waals surface area (Å²) in [5.74, 6) is -0.536. The minimum absolute atomic E-state index is 0.164. The minimum atomic E-state index is -1.00. The molecule has 0 heterocycles. The zero-order valence-corrected chi connectivity index (χ0v) is 10.3. The Morgan fingerprint density at radius 1 is 1.26 bits per heavy atom. The van der Waals surface area contributed by atoms with Gasteiger partial charge in [-0.2, -0.15) is 5.26 Å². The van der Waals surface area contributed by atoms with Crippen LogP contribution >= 0.6 is 0 Å². The van der Waals surface area contributed by atoms with Crippen molar-refractivity contribution < 1.29 is 14.6 Å². The van der Waals surface area contributed by atoms with Gasteiger partial charge in [0, 0.05) is 5.56 Å². The highest BCUT2D eigenvalue weighted by Gasteiger charge is 2.10. The predicted octanol–water partition coefficient (Wildman–Crippen LogP) is 2.93. The van der Waals surface area contributed by atoms with E-state index in [1.54, 1.807) is 24.3 Å². The molecule has 2 aromatic carbocycles. The lowest BCUT2D eigenvalue weighted by Gasteiger charge is -2.09. The van der Waals surface area contributed by atoms with Crippen molar-refractivity contribution in [1.29, 1.82) is 5.26 Å². The number of ether oxygens (including phenoxy) is 1. The molecule has 4 nitrogen and oxygen atoms in total. The molecule has 19 heavy (non-hydrogen) atoms. The zero-order chi connectivity index (χ0) is 13.8. The fourth-order valence-corrected chi connectivity index (χ4v) is 1.82. The van der Waals surface area contributed by atoms with E-state index in [2.05, 4.69) is 6.07 Å². The highest BCUT2D eigenvalue weighted by atomic mass is 16.5. The summed E-state index contributed by atoms with van der Waals surface area (Å²) in [6.07, 6.45) is 0. The average molecular weight is 253 g/mol. The van der Waals surface area contributed by atoms with Gasteiger partial charge in [0.1, 0.15) is 5.75 Å². The Morgan fingerprint density at radius 2 is 2.05 bits per heavy atom. The standard InChI is InChI=1S/C15H11NO3/c1-19-14-8-12(15(17)18)5-6-13(14)11-4-2-3-10(7-11)9-16/h2-8H,1H3,(H,17,18). The van der Waals surface area contributed by atoms with E-state index < -0.39 is 5.97 Å².